The van der Waals surface area contributed by atoms with Crippen LogP contribution >= 0.6 is 0 Å². The zero-order valence-corrected chi connectivity index (χ0v) is 19.4. The Labute approximate surface area is 179 Å². The highest BCUT2D eigenvalue weighted by Crippen LogP contribution is 2.66. The molecule has 4 aliphatic rings. The predicted molar refractivity (Wildman–Crippen MR) is 120 cm³/mol. The minimum absolute atomic E-state index is 0.263. The van der Waals surface area contributed by atoms with Crippen LogP contribution in [-0.4, -0.2) is 19.0 Å². The Morgan fingerprint density at radius 1 is 1.14 bits per heavy atom. The molecule has 164 valence electrons. The lowest BCUT2D eigenvalue weighted by Gasteiger charge is -2.58. The van der Waals surface area contributed by atoms with Crippen LogP contribution in [0.3, 0.4) is 0 Å². The van der Waals surface area contributed by atoms with Crippen LogP contribution in [0.2, 0.25) is 0 Å². The molecule has 3 fully saturated rings. The normalized spacial score (nSPS) is 44.0. The quantitative estimate of drug-likeness (QED) is 0.340. The van der Waals surface area contributed by atoms with Gasteiger partial charge in [0.2, 0.25) is 0 Å². The van der Waals surface area contributed by atoms with Gasteiger partial charge in [-0.05, 0) is 98.2 Å². The summed E-state index contributed by atoms with van der Waals surface area (Å²) in [5.41, 5.74) is 2.65. The molecule has 0 amide bonds. The van der Waals surface area contributed by atoms with Gasteiger partial charge in [-0.25, -0.2) is 0 Å². The molecule has 0 aliphatic heterocycles. The second-order valence-electron chi connectivity index (χ2n) is 11.8. The van der Waals surface area contributed by atoms with Gasteiger partial charge in [-0.1, -0.05) is 52.2 Å². The Balaban J connectivity index is 1.46. The minimum atomic E-state index is 0.263. The van der Waals surface area contributed by atoms with Crippen LogP contribution in [0.15, 0.2) is 11.6 Å². The minimum Gasteiger partial charge on any atom is -0.370 e. The molecule has 0 spiro atoms. The molecule has 0 radical (unpaired) electrons. The molecule has 2 heteroatoms. The Kier molecular flexibility index (Phi) is 6.32. The summed E-state index contributed by atoms with van der Waals surface area (Å²) >= 11 is 0. The Morgan fingerprint density at radius 3 is 2.72 bits per heavy atom. The van der Waals surface area contributed by atoms with Gasteiger partial charge in [-0.3, -0.25) is 0 Å². The SMILES string of the molecule is CC(C)CCCC1CCC2C3CC=C4CC(OCC=O)CCC4(C)C3CCC12C. The van der Waals surface area contributed by atoms with E-state index in [1.54, 1.807) is 5.57 Å². The number of allylic oxidation sites excluding steroid dienone is 1. The number of ether oxygens (including phenoxy) is 1. The van der Waals surface area contributed by atoms with E-state index in [0.29, 0.717) is 10.8 Å². The topological polar surface area (TPSA) is 26.3 Å². The van der Waals surface area contributed by atoms with Crippen molar-refractivity contribution in [2.75, 3.05) is 6.61 Å². The summed E-state index contributed by atoms with van der Waals surface area (Å²) in [6.45, 7) is 10.3. The van der Waals surface area contributed by atoms with Gasteiger partial charge in [0.25, 0.3) is 0 Å². The standard InChI is InChI=1S/C27H44O2/c1-19(2)6-5-7-20-9-11-24-23-10-8-21-18-22(29-17-16-28)12-14-27(21,4)25(23)13-15-26(20,24)3/h8,16,19-20,22-25H,5-7,9-15,17-18H2,1-4H3. The Morgan fingerprint density at radius 2 is 1.97 bits per heavy atom. The molecule has 0 saturated heterocycles. The van der Waals surface area contributed by atoms with Crippen molar-refractivity contribution in [3.8, 4) is 0 Å². The number of hydrogen-bond donors (Lipinski definition) is 0. The van der Waals surface area contributed by atoms with Gasteiger partial charge >= 0.3 is 0 Å². The lowest BCUT2D eigenvalue weighted by atomic mass is 9.47. The van der Waals surface area contributed by atoms with Crippen LogP contribution < -0.4 is 0 Å². The van der Waals surface area contributed by atoms with Crippen LogP contribution in [0.25, 0.3) is 0 Å². The second-order valence-corrected chi connectivity index (χ2v) is 11.8. The molecule has 7 unspecified atom stereocenters. The van der Waals surface area contributed by atoms with Gasteiger partial charge in [0.05, 0.1) is 6.10 Å². The van der Waals surface area contributed by atoms with Gasteiger partial charge in [0, 0.05) is 0 Å². The number of fused-ring (bicyclic) bond motifs is 5. The summed E-state index contributed by atoms with van der Waals surface area (Å²) in [5, 5.41) is 0. The molecule has 0 heterocycles. The number of carbonyl (C=O) groups is 1. The summed E-state index contributed by atoms with van der Waals surface area (Å²) in [7, 11) is 0. The van der Waals surface area contributed by atoms with Crippen molar-refractivity contribution in [2.45, 2.75) is 104 Å². The molecule has 0 bridgehead atoms. The number of hydrogen-bond acceptors (Lipinski definition) is 2. The first-order valence-electron chi connectivity index (χ1n) is 12.6. The number of carbonyl (C=O) groups excluding carboxylic acids is 1. The molecule has 0 aromatic carbocycles. The maximum absolute atomic E-state index is 10.7. The van der Waals surface area contributed by atoms with E-state index in [0.717, 1.165) is 48.7 Å². The summed E-state index contributed by atoms with van der Waals surface area (Å²) < 4.78 is 5.81. The van der Waals surface area contributed by atoms with Crippen molar-refractivity contribution >= 4 is 6.29 Å². The fourth-order valence-electron chi connectivity index (χ4n) is 8.30. The summed E-state index contributed by atoms with van der Waals surface area (Å²) in [4.78, 5) is 10.7. The summed E-state index contributed by atoms with van der Waals surface area (Å²) in [6, 6.07) is 0. The largest absolute Gasteiger partial charge is 0.370 e. The maximum atomic E-state index is 10.7. The summed E-state index contributed by atoms with van der Waals surface area (Å²) in [6.07, 6.45) is 18.7. The van der Waals surface area contributed by atoms with Gasteiger partial charge in [-0.2, -0.15) is 0 Å². The number of aldehydes is 1. The first-order valence-corrected chi connectivity index (χ1v) is 12.6. The molecule has 4 rings (SSSR count). The van der Waals surface area contributed by atoms with Crippen LogP contribution in [0.5, 0.6) is 0 Å². The van der Waals surface area contributed by atoms with E-state index in [-0.39, 0.29) is 12.7 Å². The predicted octanol–water partition coefficient (Wildman–Crippen LogP) is 6.98. The molecule has 4 aliphatic carbocycles. The van der Waals surface area contributed by atoms with Gasteiger partial charge in [0.1, 0.15) is 12.9 Å². The van der Waals surface area contributed by atoms with Crippen LogP contribution in [0.1, 0.15) is 98.3 Å². The highest BCUT2D eigenvalue weighted by atomic mass is 16.5. The first kappa shape index (κ1) is 21.6. The van der Waals surface area contributed by atoms with Crippen molar-refractivity contribution in [1.29, 1.82) is 0 Å². The van der Waals surface area contributed by atoms with Gasteiger partial charge in [-0.15, -0.1) is 0 Å². The number of rotatable bonds is 7. The van der Waals surface area contributed by atoms with Gasteiger partial charge in [0.15, 0.2) is 0 Å². The molecule has 3 saturated carbocycles. The molecular weight excluding hydrogens is 356 g/mol. The monoisotopic (exact) mass is 400 g/mol. The smallest absolute Gasteiger partial charge is 0.145 e. The molecule has 0 N–H and O–H groups in total. The molecule has 2 nitrogen and oxygen atoms in total. The van der Waals surface area contributed by atoms with Crippen molar-refractivity contribution in [2.24, 2.45) is 40.4 Å². The zero-order valence-electron chi connectivity index (χ0n) is 19.4. The molecule has 7 atom stereocenters. The highest BCUT2D eigenvalue weighted by Gasteiger charge is 2.58. The third-order valence-corrected chi connectivity index (χ3v) is 9.99. The fraction of sp³-hybridized carbons (Fsp3) is 0.889. The summed E-state index contributed by atoms with van der Waals surface area (Å²) in [5.74, 6) is 4.55. The lowest BCUT2D eigenvalue weighted by molar-refractivity contribution is -0.115. The van der Waals surface area contributed by atoms with E-state index < -0.39 is 0 Å². The second kappa shape index (κ2) is 8.48. The van der Waals surface area contributed by atoms with E-state index >= 15 is 0 Å². The van der Waals surface area contributed by atoms with Crippen molar-refractivity contribution in [3.63, 3.8) is 0 Å². The van der Waals surface area contributed by atoms with Crippen molar-refractivity contribution in [1.82, 2.24) is 0 Å². The van der Waals surface area contributed by atoms with Crippen LogP contribution in [0, 0.1) is 40.4 Å². The zero-order chi connectivity index (χ0) is 20.6. The lowest BCUT2D eigenvalue weighted by Crippen LogP contribution is -2.50. The third kappa shape index (κ3) is 3.88. The molecule has 0 aromatic heterocycles. The fourth-order valence-corrected chi connectivity index (χ4v) is 8.30. The average molecular weight is 401 g/mol. The molecular formula is C27H44O2. The van der Waals surface area contributed by atoms with E-state index in [1.165, 1.54) is 57.8 Å². The van der Waals surface area contributed by atoms with Crippen molar-refractivity contribution < 1.29 is 9.53 Å². The van der Waals surface area contributed by atoms with E-state index in [2.05, 4.69) is 33.8 Å². The molecule has 0 aromatic rings. The van der Waals surface area contributed by atoms with Gasteiger partial charge < -0.3 is 9.53 Å². The Bertz CT molecular complexity index is 622. The van der Waals surface area contributed by atoms with E-state index in [4.69, 9.17) is 4.74 Å². The average Bonchev–Trinajstić information content (AvgIpc) is 3.02. The van der Waals surface area contributed by atoms with Crippen molar-refractivity contribution in [3.05, 3.63) is 11.6 Å². The first-order chi connectivity index (χ1) is 13.9. The molecule has 29 heavy (non-hydrogen) atoms. The maximum Gasteiger partial charge on any atom is 0.145 e. The van der Waals surface area contributed by atoms with E-state index in [1.807, 2.05) is 0 Å². The Hall–Kier alpha value is -0.630. The third-order valence-electron chi connectivity index (χ3n) is 9.99. The van der Waals surface area contributed by atoms with E-state index in [9.17, 15) is 4.79 Å². The van der Waals surface area contributed by atoms with Crippen LogP contribution in [-0.2, 0) is 9.53 Å². The highest BCUT2D eigenvalue weighted by molar-refractivity contribution is 5.50. The van der Waals surface area contributed by atoms with Crippen LogP contribution in [0.4, 0.5) is 0 Å².